The lowest BCUT2D eigenvalue weighted by Crippen LogP contribution is -2.40. The average molecular weight is 402 g/mol. The number of nitrogens with zero attached hydrogens (tertiary/aromatic N) is 2. The topological polar surface area (TPSA) is 82.0 Å². The molecule has 1 aromatic carbocycles. The highest BCUT2D eigenvalue weighted by atomic mass is 35.5. The van der Waals surface area contributed by atoms with Crippen molar-refractivity contribution in [1.29, 1.82) is 0 Å². The van der Waals surface area contributed by atoms with Crippen molar-refractivity contribution in [3.63, 3.8) is 0 Å². The molecule has 1 aliphatic rings. The molecule has 1 atom stereocenters. The number of methoxy groups -OCH3 is 3. The van der Waals surface area contributed by atoms with Crippen LogP contribution in [0.2, 0.25) is 5.02 Å². The maximum absolute atomic E-state index is 12.7. The van der Waals surface area contributed by atoms with E-state index in [0.717, 1.165) is 0 Å². The fourth-order valence-electron chi connectivity index (χ4n) is 2.97. The van der Waals surface area contributed by atoms with E-state index in [2.05, 4.69) is 10.3 Å². The van der Waals surface area contributed by atoms with E-state index in [1.165, 1.54) is 21.3 Å². The lowest BCUT2D eigenvalue weighted by Gasteiger charge is -2.30. The quantitative estimate of drug-likeness (QED) is 0.592. The Morgan fingerprint density at radius 1 is 1.11 bits per heavy atom. The predicted molar refractivity (Wildman–Crippen MR) is 105 cm³/mol. The maximum Gasteiger partial charge on any atom is 0.338 e. The van der Waals surface area contributed by atoms with E-state index in [1.54, 1.807) is 12.3 Å². The van der Waals surface area contributed by atoms with E-state index in [0.29, 0.717) is 27.8 Å². The highest BCUT2D eigenvalue weighted by molar-refractivity contribution is 6.31. The summed E-state index contributed by atoms with van der Waals surface area (Å²) >= 11 is 6.42. The second kappa shape index (κ2) is 8.97. The fourth-order valence-corrected chi connectivity index (χ4v) is 3.21. The van der Waals surface area contributed by atoms with Crippen LogP contribution in [-0.2, 0) is 19.0 Å². The van der Waals surface area contributed by atoms with Crippen molar-refractivity contribution in [1.82, 2.24) is 10.3 Å². The van der Waals surface area contributed by atoms with Gasteiger partial charge in [-0.05, 0) is 18.2 Å². The van der Waals surface area contributed by atoms with Crippen molar-refractivity contribution in [2.75, 3.05) is 21.3 Å². The number of hydrogen-bond acceptors (Lipinski definition) is 7. The molecular formula is C20H20ClN3O4. The van der Waals surface area contributed by atoms with Gasteiger partial charge in [0.25, 0.3) is 0 Å². The number of esters is 1. The molecule has 0 radical (unpaired) electrons. The van der Waals surface area contributed by atoms with Crippen molar-refractivity contribution in [3.8, 4) is 0 Å². The average Bonchev–Trinajstić information content (AvgIpc) is 2.74. The number of benzene rings is 1. The minimum absolute atomic E-state index is 0.254. The molecule has 0 bridgehead atoms. The van der Waals surface area contributed by atoms with Gasteiger partial charge in [-0.25, -0.2) is 4.79 Å². The first-order valence-electron chi connectivity index (χ1n) is 8.49. The Morgan fingerprint density at radius 3 is 2.43 bits per heavy atom. The predicted octanol–water partition coefficient (Wildman–Crippen LogP) is 2.87. The van der Waals surface area contributed by atoms with Crippen LogP contribution in [0.15, 0.2) is 64.9 Å². The third-order valence-electron chi connectivity index (χ3n) is 4.25. The molecule has 1 unspecified atom stereocenters. The molecule has 2 aromatic rings. The van der Waals surface area contributed by atoms with E-state index in [1.807, 2.05) is 36.4 Å². The summed E-state index contributed by atoms with van der Waals surface area (Å²) < 4.78 is 15.8. The standard InChI is InChI=1S/C20H20ClN3O4/c1-26-19(25)15-16(12-8-4-5-9-13(12)21)23-18(14-10-6-7-11-22-14)24-17(15)20(27-2)28-3/h4-11,16,20H,1-3H3,(H,23,24). The Hall–Kier alpha value is -2.74. The number of hydrogen-bond donors (Lipinski definition) is 1. The van der Waals surface area contributed by atoms with Crippen LogP contribution in [0, 0.1) is 0 Å². The van der Waals surface area contributed by atoms with Gasteiger partial charge in [0.05, 0.1) is 18.4 Å². The molecule has 7 nitrogen and oxygen atoms in total. The summed E-state index contributed by atoms with van der Waals surface area (Å²) in [5, 5.41) is 3.61. The van der Waals surface area contributed by atoms with Crippen LogP contribution in [-0.4, -0.2) is 44.4 Å². The van der Waals surface area contributed by atoms with E-state index in [-0.39, 0.29) is 5.57 Å². The van der Waals surface area contributed by atoms with Crippen molar-refractivity contribution >= 4 is 23.4 Å². The zero-order valence-electron chi connectivity index (χ0n) is 15.7. The lowest BCUT2D eigenvalue weighted by atomic mass is 9.95. The molecule has 3 rings (SSSR count). The van der Waals surface area contributed by atoms with Gasteiger partial charge in [-0.15, -0.1) is 0 Å². The summed E-state index contributed by atoms with van der Waals surface area (Å²) in [7, 11) is 4.27. The third-order valence-corrected chi connectivity index (χ3v) is 4.60. The summed E-state index contributed by atoms with van der Waals surface area (Å²) in [5.41, 5.74) is 1.90. The van der Waals surface area contributed by atoms with Crippen molar-refractivity contribution in [2.45, 2.75) is 12.3 Å². The molecule has 0 spiro atoms. The number of rotatable bonds is 6. The minimum Gasteiger partial charge on any atom is -0.466 e. The van der Waals surface area contributed by atoms with E-state index < -0.39 is 18.3 Å². The van der Waals surface area contributed by atoms with Crippen molar-refractivity contribution in [2.24, 2.45) is 4.99 Å². The first-order chi connectivity index (χ1) is 13.6. The number of halogens is 1. The van der Waals surface area contributed by atoms with Gasteiger partial charge >= 0.3 is 5.97 Å². The number of amidine groups is 1. The Balaban J connectivity index is 2.23. The van der Waals surface area contributed by atoms with Gasteiger partial charge in [-0.3, -0.25) is 9.98 Å². The smallest absolute Gasteiger partial charge is 0.338 e. The van der Waals surface area contributed by atoms with Crippen LogP contribution in [0.1, 0.15) is 17.3 Å². The second-order valence-electron chi connectivity index (χ2n) is 5.86. The molecule has 1 N–H and O–H groups in total. The van der Waals surface area contributed by atoms with Crippen LogP contribution in [0.25, 0.3) is 0 Å². The molecule has 0 aliphatic carbocycles. The van der Waals surface area contributed by atoms with Crippen LogP contribution >= 0.6 is 11.6 Å². The second-order valence-corrected chi connectivity index (χ2v) is 6.27. The molecule has 0 saturated carbocycles. The number of nitrogens with one attached hydrogen (secondary N) is 1. The largest absolute Gasteiger partial charge is 0.466 e. The summed E-state index contributed by atoms with van der Waals surface area (Å²) in [6.07, 6.45) is 0.821. The van der Waals surface area contributed by atoms with Gasteiger partial charge in [0, 0.05) is 31.0 Å². The minimum atomic E-state index is -0.840. The van der Waals surface area contributed by atoms with Crippen LogP contribution in [0.5, 0.6) is 0 Å². The van der Waals surface area contributed by atoms with Gasteiger partial charge in [0.2, 0.25) is 0 Å². The molecule has 0 amide bonds. The normalized spacial score (nSPS) is 16.6. The van der Waals surface area contributed by atoms with Gasteiger partial charge in [-0.2, -0.15) is 0 Å². The zero-order valence-corrected chi connectivity index (χ0v) is 16.4. The number of carbonyl (C=O) groups is 1. The zero-order chi connectivity index (χ0) is 20.1. The molecule has 1 aliphatic heterocycles. The maximum atomic E-state index is 12.7. The first-order valence-corrected chi connectivity index (χ1v) is 8.87. The fraction of sp³-hybridized carbons (Fsp3) is 0.250. The van der Waals surface area contributed by atoms with E-state index in [4.69, 9.17) is 30.8 Å². The Bertz CT molecular complexity index is 911. The van der Waals surface area contributed by atoms with Gasteiger partial charge in [0.1, 0.15) is 11.7 Å². The monoisotopic (exact) mass is 401 g/mol. The Morgan fingerprint density at radius 2 is 1.82 bits per heavy atom. The molecule has 0 fully saturated rings. The third kappa shape index (κ3) is 3.91. The molecule has 8 heteroatoms. The van der Waals surface area contributed by atoms with Gasteiger partial charge in [0.15, 0.2) is 12.1 Å². The van der Waals surface area contributed by atoms with Gasteiger partial charge < -0.3 is 19.5 Å². The van der Waals surface area contributed by atoms with Crippen LogP contribution < -0.4 is 5.32 Å². The Kier molecular flexibility index (Phi) is 6.41. The SMILES string of the molecule is COC(=O)C1=C(C(OC)OC)NC(c2ccccn2)=NC1c1ccccc1Cl. The number of ether oxygens (including phenoxy) is 3. The molecule has 0 saturated heterocycles. The van der Waals surface area contributed by atoms with Gasteiger partial charge in [-0.1, -0.05) is 35.9 Å². The number of aliphatic imine (C=N–C) groups is 1. The van der Waals surface area contributed by atoms with E-state index in [9.17, 15) is 4.79 Å². The van der Waals surface area contributed by atoms with Crippen molar-refractivity contribution < 1.29 is 19.0 Å². The first kappa shape index (κ1) is 20.0. The van der Waals surface area contributed by atoms with Crippen LogP contribution in [0.3, 0.4) is 0 Å². The van der Waals surface area contributed by atoms with Crippen LogP contribution in [0.4, 0.5) is 0 Å². The molecule has 1 aromatic heterocycles. The lowest BCUT2D eigenvalue weighted by molar-refractivity contribution is -0.137. The summed E-state index contributed by atoms with van der Waals surface area (Å²) in [4.78, 5) is 21.8. The molecule has 2 heterocycles. The highest BCUT2D eigenvalue weighted by Gasteiger charge is 2.36. The Labute approximate surface area is 168 Å². The summed E-state index contributed by atoms with van der Waals surface area (Å²) in [5.74, 6) is -0.0948. The van der Waals surface area contributed by atoms with Crippen molar-refractivity contribution in [3.05, 3.63) is 76.2 Å². The highest BCUT2D eigenvalue weighted by Crippen LogP contribution is 2.36. The van der Waals surface area contributed by atoms with E-state index >= 15 is 0 Å². The molecule has 146 valence electrons. The summed E-state index contributed by atoms with van der Waals surface area (Å²) in [6, 6.07) is 11.9. The molecule has 28 heavy (non-hydrogen) atoms. The number of carbonyl (C=O) groups excluding carboxylic acids is 1. The molecular weight excluding hydrogens is 382 g/mol. The number of pyridine rings is 1. The number of aromatic nitrogens is 1. The summed E-state index contributed by atoms with van der Waals surface area (Å²) in [6.45, 7) is 0.